The summed E-state index contributed by atoms with van der Waals surface area (Å²) < 4.78 is 0. The smallest absolute Gasteiger partial charge is 0.221 e. The summed E-state index contributed by atoms with van der Waals surface area (Å²) in [7, 11) is 0. The number of halogens is 1. The van der Waals surface area contributed by atoms with Crippen LogP contribution in [0.15, 0.2) is 24.3 Å². The molecule has 1 aliphatic heterocycles. The quantitative estimate of drug-likeness (QED) is 0.868. The molecule has 0 aliphatic carbocycles. The van der Waals surface area contributed by atoms with E-state index in [4.69, 9.17) is 11.6 Å². The maximum absolute atomic E-state index is 12.0. The van der Waals surface area contributed by atoms with E-state index in [1.165, 1.54) is 0 Å². The average molecular weight is 339 g/mol. The van der Waals surface area contributed by atoms with Gasteiger partial charge in [0, 0.05) is 43.0 Å². The van der Waals surface area contributed by atoms with Crippen LogP contribution in [0.3, 0.4) is 0 Å². The molecule has 1 aliphatic rings. The third-order valence-electron chi connectivity index (χ3n) is 5.05. The summed E-state index contributed by atoms with van der Waals surface area (Å²) in [5.41, 5.74) is 0.240. The number of aliphatic hydroxyl groups is 1. The number of hydrogen-bond donors (Lipinski definition) is 2. The molecular weight excluding hydrogens is 312 g/mol. The molecule has 23 heavy (non-hydrogen) atoms. The number of benzene rings is 1. The van der Waals surface area contributed by atoms with Crippen LogP contribution in [0.2, 0.25) is 5.02 Å². The standard InChI is InChI=1S/C18H27ClN2O2/c1-17(2)13-21(11-9-18(17,3)23)10-8-16(22)20-12-14-4-6-15(19)7-5-14/h4-7,23H,8-13H2,1-3H3,(H,20,22)/t18-/m1/s1. The second-order valence-corrected chi connectivity index (χ2v) is 7.77. The van der Waals surface area contributed by atoms with Crippen molar-refractivity contribution in [1.82, 2.24) is 10.2 Å². The van der Waals surface area contributed by atoms with Crippen LogP contribution in [0.4, 0.5) is 0 Å². The van der Waals surface area contributed by atoms with Crippen LogP contribution in [0.25, 0.3) is 0 Å². The van der Waals surface area contributed by atoms with Crippen molar-refractivity contribution in [1.29, 1.82) is 0 Å². The molecule has 1 atom stereocenters. The van der Waals surface area contributed by atoms with E-state index in [9.17, 15) is 9.90 Å². The van der Waals surface area contributed by atoms with Gasteiger partial charge in [-0.1, -0.05) is 37.6 Å². The van der Waals surface area contributed by atoms with E-state index in [2.05, 4.69) is 24.1 Å². The SMILES string of the molecule is CC1(C)CN(CCC(=O)NCc2ccc(Cl)cc2)CC[C@@]1(C)O. The predicted molar refractivity (Wildman–Crippen MR) is 93.4 cm³/mol. The fraction of sp³-hybridized carbons (Fsp3) is 0.611. The van der Waals surface area contributed by atoms with E-state index in [1.54, 1.807) is 0 Å². The van der Waals surface area contributed by atoms with Crippen LogP contribution >= 0.6 is 11.6 Å². The zero-order valence-corrected chi connectivity index (χ0v) is 15.0. The van der Waals surface area contributed by atoms with Crippen molar-refractivity contribution in [3.05, 3.63) is 34.9 Å². The van der Waals surface area contributed by atoms with Crippen molar-refractivity contribution in [3.8, 4) is 0 Å². The lowest BCUT2D eigenvalue weighted by Crippen LogP contribution is -2.56. The zero-order valence-electron chi connectivity index (χ0n) is 14.2. The van der Waals surface area contributed by atoms with Crippen LogP contribution in [0.5, 0.6) is 0 Å². The number of carbonyl (C=O) groups is 1. The molecule has 1 aromatic rings. The van der Waals surface area contributed by atoms with Gasteiger partial charge in [-0.05, 0) is 31.0 Å². The summed E-state index contributed by atoms with van der Waals surface area (Å²) in [6.07, 6.45) is 1.22. The first kappa shape index (κ1) is 18.2. The molecule has 5 heteroatoms. The minimum atomic E-state index is -0.639. The molecule has 1 heterocycles. The molecule has 0 unspecified atom stereocenters. The zero-order chi connectivity index (χ0) is 17.1. The Hall–Kier alpha value is -1.10. The van der Waals surface area contributed by atoms with Crippen molar-refractivity contribution in [2.75, 3.05) is 19.6 Å². The predicted octanol–water partition coefficient (Wildman–Crippen LogP) is 2.83. The molecule has 1 amide bonds. The summed E-state index contributed by atoms with van der Waals surface area (Å²) >= 11 is 5.84. The summed E-state index contributed by atoms with van der Waals surface area (Å²) in [5, 5.41) is 14.0. The fourth-order valence-corrected chi connectivity index (χ4v) is 2.99. The first-order valence-electron chi connectivity index (χ1n) is 8.15. The summed E-state index contributed by atoms with van der Waals surface area (Å²) in [6.45, 7) is 8.97. The second kappa shape index (κ2) is 7.20. The van der Waals surface area contributed by atoms with E-state index in [1.807, 2.05) is 31.2 Å². The lowest BCUT2D eigenvalue weighted by Gasteiger charge is -2.48. The van der Waals surface area contributed by atoms with Gasteiger partial charge in [0.25, 0.3) is 0 Å². The number of nitrogens with one attached hydrogen (secondary N) is 1. The Kier molecular flexibility index (Phi) is 5.71. The van der Waals surface area contributed by atoms with E-state index < -0.39 is 5.60 Å². The normalized spacial score (nSPS) is 24.4. The van der Waals surface area contributed by atoms with Gasteiger partial charge >= 0.3 is 0 Å². The molecule has 1 aromatic carbocycles. The molecule has 0 spiro atoms. The molecule has 2 N–H and O–H groups in total. The average Bonchev–Trinajstić information content (AvgIpc) is 2.48. The Morgan fingerprint density at radius 2 is 1.96 bits per heavy atom. The number of piperidine rings is 1. The van der Waals surface area contributed by atoms with Crippen LogP contribution in [-0.4, -0.2) is 41.1 Å². The van der Waals surface area contributed by atoms with Crippen LogP contribution in [0, 0.1) is 5.41 Å². The highest BCUT2D eigenvalue weighted by Gasteiger charge is 2.43. The Bertz CT molecular complexity index is 540. The Morgan fingerprint density at radius 1 is 1.30 bits per heavy atom. The van der Waals surface area contributed by atoms with Crippen molar-refractivity contribution in [3.63, 3.8) is 0 Å². The number of nitrogens with zero attached hydrogens (tertiary/aromatic N) is 1. The van der Waals surface area contributed by atoms with Crippen LogP contribution in [0.1, 0.15) is 39.2 Å². The molecule has 4 nitrogen and oxygen atoms in total. The lowest BCUT2D eigenvalue weighted by molar-refractivity contribution is -0.123. The minimum Gasteiger partial charge on any atom is -0.390 e. The van der Waals surface area contributed by atoms with E-state index >= 15 is 0 Å². The molecule has 0 radical (unpaired) electrons. The van der Waals surface area contributed by atoms with Crippen LogP contribution < -0.4 is 5.32 Å². The highest BCUT2D eigenvalue weighted by atomic mass is 35.5. The first-order valence-corrected chi connectivity index (χ1v) is 8.53. The molecule has 1 fully saturated rings. The molecule has 0 saturated carbocycles. The highest BCUT2D eigenvalue weighted by Crippen LogP contribution is 2.38. The number of amides is 1. The van der Waals surface area contributed by atoms with Gasteiger partial charge in [0.05, 0.1) is 5.60 Å². The van der Waals surface area contributed by atoms with Crippen molar-refractivity contribution in [2.24, 2.45) is 5.41 Å². The summed E-state index contributed by atoms with van der Waals surface area (Å²) in [6, 6.07) is 7.48. The van der Waals surface area contributed by atoms with Gasteiger partial charge in [0.1, 0.15) is 0 Å². The minimum absolute atomic E-state index is 0.0510. The molecule has 0 aromatic heterocycles. The number of hydrogen-bond acceptors (Lipinski definition) is 3. The van der Waals surface area contributed by atoms with Crippen molar-refractivity contribution < 1.29 is 9.90 Å². The van der Waals surface area contributed by atoms with Gasteiger partial charge in [-0.2, -0.15) is 0 Å². The lowest BCUT2D eigenvalue weighted by atomic mass is 9.71. The second-order valence-electron chi connectivity index (χ2n) is 7.34. The van der Waals surface area contributed by atoms with Gasteiger partial charge < -0.3 is 15.3 Å². The van der Waals surface area contributed by atoms with E-state index in [0.717, 1.165) is 31.6 Å². The number of likely N-dealkylation sites (tertiary alicyclic amines) is 1. The molecule has 1 saturated heterocycles. The van der Waals surface area contributed by atoms with Gasteiger partial charge in [0.2, 0.25) is 5.91 Å². The van der Waals surface area contributed by atoms with E-state index in [0.29, 0.717) is 18.0 Å². The Balaban J connectivity index is 1.73. The highest BCUT2D eigenvalue weighted by molar-refractivity contribution is 6.30. The fourth-order valence-electron chi connectivity index (χ4n) is 2.86. The van der Waals surface area contributed by atoms with E-state index in [-0.39, 0.29) is 11.3 Å². The maximum Gasteiger partial charge on any atom is 0.221 e. The third-order valence-corrected chi connectivity index (χ3v) is 5.30. The van der Waals surface area contributed by atoms with Crippen molar-refractivity contribution in [2.45, 2.75) is 45.8 Å². The van der Waals surface area contributed by atoms with Crippen LogP contribution in [-0.2, 0) is 11.3 Å². The monoisotopic (exact) mass is 338 g/mol. The summed E-state index contributed by atoms with van der Waals surface area (Å²) in [5.74, 6) is 0.0510. The molecule has 0 bridgehead atoms. The number of rotatable bonds is 5. The summed E-state index contributed by atoms with van der Waals surface area (Å²) in [4.78, 5) is 14.3. The van der Waals surface area contributed by atoms with Gasteiger partial charge in [-0.25, -0.2) is 0 Å². The van der Waals surface area contributed by atoms with Gasteiger partial charge in [-0.3, -0.25) is 4.79 Å². The Labute approximate surface area is 143 Å². The largest absolute Gasteiger partial charge is 0.390 e. The Morgan fingerprint density at radius 3 is 2.57 bits per heavy atom. The first-order chi connectivity index (χ1) is 10.7. The number of carbonyl (C=O) groups excluding carboxylic acids is 1. The topological polar surface area (TPSA) is 52.6 Å². The molecule has 128 valence electrons. The molecular formula is C18H27ClN2O2. The molecule has 2 rings (SSSR count). The van der Waals surface area contributed by atoms with Crippen molar-refractivity contribution >= 4 is 17.5 Å². The third kappa shape index (κ3) is 4.93. The van der Waals surface area contributed by atoms with Gasteiger partial charge in [-0.15, -0.1) is 0 Å². The van der Waals surface area contributed by atoms with Gasteiger partial charge in [0.15, 0.2) is 0 Å². The maximum atomic E-state index is 12.0.